The predicted octanol–water partition coefficient (Wildman–Crippen LogP) is 2.45. The van der Waals surface area contributed by atoms with Crippen LogP contribution in [0.2, 0.25) is 0 Å². The fourth-order valence-electron chi connectivity index (χ4n) is 2.19. The number of nitrogens with zero attached hydrogens (tertiary/aromatic N) is 1. The Morgan fingerprint density at radius 2 is 2.00 bits per heavy atom. The third-order valence-electron chi connectivity index (χ3n) is 3.48. The van der Waals surface area contributed by atoms with Gasteiger partial charge in [0.05, 0.1) is 6.54 Å². The highest BCUT2D eigenvalue weighted by Crippen LogP contribution is 2.19. The third-order valence-corrected chi connectivity index (χ3v) is 6.43. The molecule has 0 aliphatic rings. The molecule has 8 heteroatoms. The Hall–Kier alpha value is -1.12. The molecule has 0 aliphatic carbocycles. The molecule has 0 amide bonds. The monoisotopic (exact) mass is 374 g/mol. The minimum absolute atomic E-state index is 0.226. The summed E-state index contributed by atoms with van der Waals surface area (Å²) in [7, 11) is -3.44. The van der Waals surface area contributed by atoms with E-state index in [2.05, 4.69) is 35.8 Å². The number of thiophene rings is 1. The lowest BCUT2D eigenvalue weighted by Gasteiger charge is -2.15. The summed E-state index contributed by atoms with van der Waals surface area (Å²) in [5.74, 6) is 1.07. The molecule has 1 aromatic rings. The normalized spacial score (nSPS) is 14.1. The summed E-state index contributed by atoms with van der Waals surface area (Å²) < 4.78 is 27.0. The molecule has 0 fully saturated rings. The first-order valence-corrected chi connectivity index (χ1v) is 10.6. The van der Waals surface area contributed by atoms with Crippen molar-refractivity contribution in [3.8, 4) is 0 Å². The Balaban J connectivity index is 2.30. The van der Waals surface area contributed by atoms with E-state index in [0.717, 1.165) is 17.7 Å². The lowest BCUT2D eigenvalue weighted by molar-refractivity contribution is 0.493. The Labute approximate surface area is 150 Å². The lowest BCUT2D eigenvalue weighted by atomic mass is 10.0. The van der Waals surface area contributed by atoms with Gasteiger partial charge in [-0.3, -0.25) is 4.99 Å². The summed E-state index contributed by atoms with van der Waals surface area (Å²) in [6.07, 6.45) is 3.39. The second-order valence-electron chi connectivity index (χ2n) is 6.40. The van der Waals surface area contributed by atoms with Gasteiger partial charge in [-0.15, -0.1) is 11.3 Å². The van der Waals surface area contributed by atoms with Crippen LogP contribution < -0.4 is 15.8 Å². The van der Waals surface area contributed by atoms with E-state index in [1.807, 2.05) is 6.92 Å². The molecule has 6 nitrogen and oxygen atoms in total. The van der Waals surface area contributed by atoms with E-state index in [0.29, 0.717) is 22.6 Å². The van der Waals surface area contributed by atoms with Gasteiger partial charge in [-0.25, -0.2) is 13.1 Å². The van der Waals surface area contributed by atoms with Crippen LogP contribution in [0, 0.1) is 12.8 Å². The van der Waals surface area contributed by atoms with Gasteiger partial charge in [0.15, 0.2) is 5.96 Å². The van der Waals surface area contributed by atoms with Crippen molar-refractivity contribution in [2.45, 2.75) is 57.2 Å². The van der Waals surface area contributed by atoms with Crippen LogP contribution in [0.15, 0.2) is 21.3 Å². The average Bonchev–Trinajstić information content (AvgIpc) is 2.90. The Morgan fingerprint density at radius 1 is 1.29 bits per heavy atom. The number of guanidine groups is 1. The molecule has 0 aromatic carbocycles. The van der Waals surface area contributed by atoms with Gasteiger partial charge in [0.2, 0.25) is 10.0 Å². The van der Waals surface area contributed by atoms with Gasteiger partial charge in [-0.05, 0) is 38.3 Å². The zero-order chi connectivity index (χ0) is 18.2. The molecule has 0 saturated carbocycles. The summed E-state index contributed by atoms with van der Waals surface area (Å²) >= 11 is 1.25. The SMILES string of the molecule is Cc1ccc(S(=O)(=O)NCCN=C(N)NC(C)CCCC(C)C)s1. The summed E-state index contributed by atoms with van der Waals surface area (Å²) in [6.45, 7) is 8.91. The summed E-state index contributed by atoms with van der Waals surface area (Å²) in [5.41, 5.74) is 5.83. The second-order valence-corrected chi connectivity index (χ2v) is 9.68. The van der Waals surface area contributed by atoms with E-state index >= 15 is 0 Å². The van der Waals surface area contributed by atoms with Gasteiger partial charge < -0.3 is 11.1 Å². The smallest absolute Gasteiger partial charge is 0.250 e. The van der Waals surface area contributed by atoms with E-state index < -0.39 is 10.0 Å². The number of rotatable bonds is 10. The van der Waals surface area contributed by atoms with Gasteiger partial charge in [0.1, 0.15) is 4.21 Å². The van der Waals surface area contributed by atoms with Crippen LogP contribution in [-0.2, 0) is 10.0 Å². The first-order chi connectivity index (χ1) is 11.2. The van der Waals surface area contributed by atoms with Gasteiger partial charge in [0.25, 0.3) is 0 Å². The highest BCUT2D eigenvalue weighted by atomic mass is 32.2. The molecular weight excluding hydrogens is 344 g/mol. The molecule has 0 radical (unpaired) electrons. The molecular formula is C16H30N4O2S2. The van der Waals surface area contributed by atoms with Crippen molar-refractivity contribution in [1.82, 2.24) is 10.0 Å². The first kappa shape index (κ1) is 20.9. The highest BCUT2D eigenvalue weighted by Gasteiger charge is 2.15. The molecule has 1 heterocycles. The molecule has 24 heavy (non-hydrogen) atoms. The van der Waals surface area contributed by atoms with Crippen LogP contribution >= 0.6 is 11.3 Å². The molecule has 0 spiro atoms. The largest absolute Gasteiger partial charge is 0.370 e. The molecule has 1 aromatic heterocycles. The number of aliphatic imine (C=N–C) groups is 1. The van der Waals surface area contributed by atoms with Crippen molar-refractivity contribution in [1.29, 1.82) is 0 Å². The van der Waals surface area contributed by atoms with E-state index in [-0.39, 0.29) is 12.6 Å². The van der Waals surface area contributed by atoms with Crippen molar-refractivity contribution in [3.05, 3.63) is 17.0 Å². The highest BCUT2D eigenvalue weighted by molar-refractivity contribution is 7.91. The van der Waals surface area contributed by atoms with Crippen LogP contribution in [0.1, 0.15) is 44.9 Å². The molecule has 4 N–H and O–H groups in total. The van der Waals surface area contributed by atoms with Crippen LogP contribution in [0.5, 0.6) is 0 Å². The fourth-order valence-corrected chi connectivity index (χ4v) is 4.54. The van der Waals surface area contributed by atoms with Gasteiger partial charge in [0, 0.05) is 17.5 Å². The number of nitrogens with two attached hydrogens (primary N) is 1. The number of hydrogen-bond donors (Lipinski definition) is 3. The minimum atomic E-state index is -3.44. The number of nitrogens with one attached hydrogen (secondary N) is 2. The number of hydrogen-bond acceptors (Lipinski definition) is 4. The Morgan fingerprint density at radius 3 is 2.58 bits per heavy atom. The van der Waals surface area contributed by atoms with E-state index in [1.54, 1.807) is 12.1 Å². The summed E-state index contributed by atoms with van der Waals surface area (Å²) in [5, 5.41) is 3.14. The zero-order valence-electron chi connectivity index (χ0n) is 15.0. The molecule has 1 rings (SSSR count). The number of sulfonamides is 1. The van der Waals surface area contributed by atoms with Crippen molar-refractivity contribution in [3.63, 3.8) is 0 Å². The molecule has 0 saturated heterocycles. The Kier molecular flexibility index (Phi) is 8.72. The fraction of sp³-hybridized carbons (Fsp3) is 0.688. The van der Waals surface area contributed by atoms with Crippen LogP contribution in [0.4, 0.5) is 0 Å². The molecule has 0 bridgehead atoms. The van der Waals surface area contributed by atoms with E-state index in [4.69, 9.17) is 5.73 Å². The van der Waals surface area contributed by atoms with Crippen LogP contribution in [0.3, 0.4) is 0 Å². The topological polar surface area (TPSA) is 96.6 Å². The van der Waals surface area contributed by atoms with Gasteiger partial charge >= 0.3 is 0 Å². The van der Waals surface area contributed by atoms with E-state index in [9.17, 15) is 8.42 Å². The maximum Gasteiger partial charge on any atom is 0.250 e. The number of aryl methyl sites for hydroxylation is 1. The Bertz CT molecular complexity index is 624. The quantitative estimate of drug-likeness (QED) is 0.333. The zero-order valence-corrected chi connectivity index (χ0v) is 16.6. The molecule has 1 unspecified atom stereocenters. The summed E-state index contributed by atoms with van der Waals surface area (Å²) in [4.78, 5) is 5.14. The second kappa shape index (κ2) is 10.0. The van der Waals surface area contributed by atoms with Crippen LogP contribution in [0.25, 0.3) is 0 Å². The average molecular weight is 375 g/mol. The van der Waals surface area contributed by atoms with Crippen LogP contribution in [-0.4, -0.2) is 33.5 Å². The first-order valence-electron chi connectivity index (χ1n) is 8.33. The lowest BCUT2D eigenvalue weighted by Crippen LogP contribution is -2.39. The third kappa shape index (κ3) is 8.12. The van der Waals surface area contributed by atoms with Crippen molar-refractivity contribution in [2.75, 3.05) is 13.1 Å². The van der Waals surface area contributed by atoms with Gasteiger partial charge in [-0.2, -0.15) is 0 Å². The van der Waals surface area contributed by atoms with Gasteiger partial charge in [-0.1, -0.05) is 26.7 Å². The minimum Gasteiger partial charge on any atom is -0.370 e. The summed E-state index contributed by atoms with van der Waals surface area (Å²) in [6, 6.07) is 3.67. The molecule has 1 atom stereocenters. The predicted molar refractivity (Wildman–Crippen MR) is 102 cm³/mol. The maximum absolute atomic E-state index is 12.0. The molecule has 138 valence electrons. The molecule has 0 aliphatic heterocycles. The van der Waals surface area contributed by atoms with E-state index in [1.165, 1.54) is 17.8 Å². The van der Waals surface area contributed by atoms with Crippen molar-refractivity contribution in [2.24, 2.45) is 16.6 Å². The van der Waals surface area contributed by atoms with Crippen molar-refractivity contribution < 1.29 is 8.42 Å². The standard InChI is InChI=1S/C16H30N4O2S2/c1-12(2)6-5-7-13(3)20-16(17)18-10-11-19-24(21,22)15-9-8-14(4)23-15/h8-9,12-13,19H,5-7,10-11H2,1-4H3,(H3,17,18,20). The van der Waals surface area contributed by atoms with Crippen molar-refractivity contribution >= 4 is 27.3 Å². The maximum atomic E-state index is 12.0.